The van der Waals surface area contributed by atoms with Gasteiger partial charge in [0.05, 0.1) is 0 Å². The predicted molar refractivity (Wildman–Crippen MR) is 67.7 cm³/mol. The van der Waals surface area contributed by atoms with Crippen LogP contribution >= 0.6 is 11.5 Å². The molecule has 6 nitrogen and oxygen atoms in total. The molecule has 0 aliphatic carbocycles. The van der Waals surface area contributed by atoms with Gasteiger partial charge in [-0.05, 0) is 36.3 Å². The molecule has 0 saturated heterocycles. The summed E-state index contributed by atoms with van der Waals surface area (Å²) in [6.07, 6.45) is 0. The van der Waals surface area contributed by atoms with Crippen LogP contribution in [0, 0.1) is 13.8 Å². The smallest absolute Gasteiger partial charge is 0.264 e. The third kappa shape index (κ3) is 3.01. The first-order chi connectivity index (χ1) is 8.66. The van der Waals surface area contributed by atoms with Gasteiger partial charge < -0.3 is 4.74 Å². The number of nitrogens with zero attached hydrogens (tertiary/aromatic N) is 3. The van der Waals surface area contributed by atoms with Gasteiger partial charge in [0, 0.05) is 11.5 Å². The van der Waals surface area contributed by atoms with Gasteiger partial charge in [-0.15, -0.1) is 0 Å². The van der Waals surface area contributed by atoms with Crippen LogP contribution in [-0.2, 0) is 4.79 Å². The Labute approximate surface area is 108 Å². The summed E-state index contributed by atoms with van der Waals surface area (Å²) in [5, 5.41) is 9.91. The Morgan fingerprint density at radius 3 is 3.00 bits per heavy atom. The lowest BCUT2D eigenvalue weighted by atomic mass is 10.1. The van der Waals surface area contributed by atoms with E-state index in [0.29, 0.717) is 10.9 Å². The van der Waals surface area contributed by atoms with Crippen LogP contribution in [0.5, 0.6) is 5.75 Å². The predicted octanol–water partition coefficient (Wildman–Crippen LogP) is 1.57. The molecule has 1 N–H and O–H groups in total. The molecule has 0 aliphatic heterocycles. The Morgan fingerprint density at radius 1 is 1.44 bits per heavy atom. The van der Waals surface area contributed by atoms with E-state index in [4.69, 9.17) is 4.74 Å². The number of rotatable bonds is 4. The monoisotopic (exact) mass is 264 g/mol. The summed E-state index contributed by atoms with van der Waals surface area (Å²) in [6, 6.07) is 5.72. The van der Waals surface area contributed by atoms with E-state index in [1.807, 2.05) is 32.0 Å². The van der Waals surface area contributed by atoms with Crippen LogP contribution in [0.2, 0.25) is 0 Å². The molecule has 0 aliphatic rings. The van der Waals surface area contributed by atoms with Crippen molar-refractivity contribution in [2.75, 3.05) is 11.9 Å². The van der Waals surface area contributed by atoms with E-state index in [0.717, 1.165) is 22.7 Å². The summed E-state index contributed by atoms with van der Waals surface area (Å²) >= 11 is 1.02. The largest absolute Gasteiger partial charge is 0.483 e. The van der Waals surface area contributed by atoms with E-state index < -0.39 is 0 Å². The molecular formula is C11H12N4O2S. The second kappa shape index (κ2) is 5.54. The van der Waals surface area contributed by atoms with Crippen molar-refractivity contribution in [1.82, 2.24) is 14.8 Å². The van der Waals surface area contributed by atoms with Gasteiger partial charge in [0.1, 0.15) is 5.75 Å². The second-order valence-corrected chi connectivity index (χ2v) is 4.44. The number of anilines is 1. The molecule has 7 heteroatoms. The fraction of sp³-hybridized carbons (Fsp3) is 0.273. The highest BCUT2D eigenvalue weighted by Gasteiger charge is 2.08. The Bertz CT molecular complexity index is 542. The molecular weight excluding hydrogens is 252 g/mol. The van der Waals surface area contributed by atoms with Crippen molar-refractivity contribution >= 4 is 22.6 Å². The van der Waals surface area contributed by atoms with Crippen LogP contribution in [0.4, 0.5) is 5.13 Å². The average molecular weight is 264 g/mol. The molecule has 1 aromatic carbocycles. The fourth-order valence-corrected chi connectivity index (χ4v) is 1.74. The standard InChI is InChI=1S/C11H12N4O2S/c1-7-4-3-5-9(8(7)2)17-6-10(16)12-11-13-14-15-18-11/h3-5H,6H2,1-2H3,(H,12,13,15,16). The van der Waals surface area contributed by atoms with Crippen LogP contribution in [0.3, 0.4) is 0 Å². The van der Waals surface area contributed by atoms with Gasteiger partial charge in [-0.3, -0.25) is 10.1 Å². The second-order valence-electron chi connectivity index (χ2n) is 3.70. The highest BCUT2D eigenvalue weighted by atomic mass is 32.1. The maximum Gasteiger partial charge on any atom is 0.264 e. The molecule has 1 amide bonds. The van der Waals surface area contributed by atoms with E-state index in [2.05, 4.69) is 20.1 Å². The third-order valence-corrected chi connectivity index (χ3v) is 2.97. The normalized spacial score (nSPS) is 10.1. The van der Waals surface area contributed by atoms with Crippen LogP contribution in [0.1, 0.15) is 11.1 Å². The quantitative estimate of drug-likeness (QED) is 0.907. The number of amides is 1. The molecule has 0 bridgehead atoms. The van der Waals surface area contributed by atoms with Crippen molar-refractivity contribution in [2.45, 2.75) is 13.8 Å². The molecule has 0 spiro atoms. The van der Waals surface area contributed by atoms with Crippen molar-refractivity contribution in [3.05, 3.63) is 29.3 Å². The summed E-state index contributed by atoms with van der Waals surface area (Å²) in [4.78, 5) is 11.6. The fourth-order valence-electron chi connectivity index (χ4n) is 1.36. The molecule has 0 radical (unpaired) electrons. The molecule has 1 heterocycles. The van der Waals surface area contributed by atoms with Gasteiger partial charge in [-0.25, -0.2) is 0 Å². The highest BCUT2D eigenvalue weighted by molar-refractivity contribution is 7.09. The zero-order valence-corrected chi connectivity index (χ0v) is 10.8. The summed E-state index contributed by atoms with van der Waals surface area (Å²) in [6.45, 7) is 3.89. The van der Waals surface area contributed by atoms with Crippen molar-refractivity contribution < 1.29 is 9.53 Å². The Kier molecular flexibility index (Phi) is 3.83. The molecule has 0 saturated carbocycles. The minimum Gasteiger partial charge on any atom is -0.483 e. The summed E-state index contributed by atoms with van der Waals surface area (Å²) in [5.74, 6) is 0.426. The first kappa shape index (κ1) is 12.4. The lowest BCUT2D eigenvalue weighted by molar-refractivity contribution is -0.118. The lowest BCUT2D eigenvalue weighted by Crippen LogP contribution is -2.20. The zero-order chi connectivity index (χ0) is 13.0. The number of carbonyl (C=O) groups excluding carboxylic acids is 1. The summed E-state index contributed by atoms with van der Waals surface area (Å²) < 4.78 is 9.00. The SMILES string of the molecule is Cc1cccc(OCC(=O)Nc2nnns2)c1C. The van der Waals surface area contributed by atoms with Gasteiger partial charge in [-0.2, -0.15) is 0 Å². The zero-order valence-electron chi connectivity index (χ0n) is 10.0. The third-order valence-electron chi connectivity index (χ3n) is 2.46. The molecule has 94 valence electrons. The highest BCUT2D eigenvalue weighted by Crippen LogP contribution is 2.20. The van der Waals surface area contributed by atoms with Crippen LogP contribution in [0.15, 0.2) is 18.2 Å². The molecule has 2 rings (SSSR count). The molecule has 2 aromatic rings. The lowest BCUT2D eigenvalue weighted by Gasteiger charge is -2.09. The van der Waals surface area contributed by atoms with Gasteiger partial charge in [0.25, 0.3) is 5.91 Å². The van der Waals surface area contributed by atoms with E-state index in [1.165, 1.54) is 0 Å². The Hall–Kier alpha value is -2.02. The number of ether oxygens (including phenoxy) is 1. The van der Waals surface area contributed by atoms with E-state index in [1.54, 1.807) is 0 Å². The van der Waals surface area contributed by atoms with E-state index in [9.17, 15) is 4.79 Å². The minimum absolute atomic E-state index is 0.0656. The first-order valence-corrected chi connectivity index (χ1v) is 6.08. The Morgan fingerprint density at radius 2 is 2.28 bits per heavy atom. The first-order valence-electron chi connectivity index (χ1n) is 5.30. The van der Waals surface area contributed by atoms with Crippen molar-refractivity contribution in [2.24, 2.45) is 0 Å². The topological polar surface area (TPSA) is 77.0 Å². The summed E-state index contributed by atoms with van der Waals surface area (Å²) in [7, 11) is 0. The van der Waals surface area contributed by atoms with Gasteiger partial charge >= 0.3 is 0 Å². The Balaban J connectivity index is 1.91. The summed E-state index contributed by atoms with van der Waals surface area (Å²) in [5.41, 5.74) is 2.16. The number of hydrogen-bond acceptors (Lipinski definition) is 6. The maximum absolute atomic E-state index is 11.6. The number of nitrogens with one attached hydrogen (secondary N) is 1. The number of aromatic nitrogens is 3. The van der Waals surface area contributed by atoms with Gasteiger partial charge in [0.2, 0.25) is 5.13 Å². The number of benzene rings is 1. The maximum atomic E-state index is 11.6. The van der Waals surface area contributed by atoms with Gasteiger partial charge in [0.15, 0.2) is 6.61 Å². The average Bonchev–Trinajstić information content (AvgIpc) is 2.84. The molecule has 0 atom stereocenters. The van der Waals surface area contributed by atoms with Crippen molar-refractivity contribution in [3.63, 3.8) is 0 Å². The number of aryl methyl sites for hydroxylation is 1. The molecule has 1 aromatic heterocycles. The van der Waals surface area contributed by atoms with Crippen LogP contribution in [0.25, 0.3) is 0 Å². The molecule has 18 heavy (non-hydrogen) atoms. The molecule has 0 unspecified atom stereocenters. The van der Waals surface area contributed by atoms with E-state index >= 15 is 0 Å². The van der Waals surface area contributed by atoms with Crippen LogP contribution in [-0.4, -0.2) is 27.3 Å². The number of carbonyl (C=O) groups is 1. The number of hydrogen-bond donors (Lipinski definition) is 1. The van der Waals surface area contributed by atoms with E-state index in [-0.39, 0.29) is 12.5 Å². The van der Waals surface area contributed by atoms with Crippen molar-refractivity contribution in [3.8, 4) is 5.75 Å². The molecule has 0 fully saturated rings. The van der Waals surface area contributed by atoms with Crippen LogP contribution < -0.4 is 10.1 Å². The van der Waals surface area contributed by atoms with Crippen molar-refractivity contribution in [1.29, 1.82) is 0 Å². The van der Waals surface area contributed by atoms with Gasteiger partial charge in [-0.1, -0.05) is 21.7 Å². The minimum atomic E-state index is -0.283.